The van der Waals surface area contributed by atoms with Gasteiger partial charge in [0.15, 0.2) is 6.10 Å². The van der Waals surface area contributed by atoms with Gasteiger partial charge in [0, 0.05) is 12.8 Å². The molecule has 0 amide bonds. The number of hydrogen-bond acceptors (Lipinski definition) is 7. The second-order valence-electron chi connectivity index (χ2n) is 22.7. The summed E-state index contributed by atoms with van der Waals surface area (Å²) in [5.41, 5.74) is 0. The lowest BCUT2D eigenvalue weighted by atomic mass is 10.0. The number of carboxylic acids is 1. The van der Waals surface area contributed by atoms with E-state index < -0.39 is 24.3 Å². The zero-order valence-electron chi connectivity index (χ0n) is 50.9. The number of nitrogens with zero attached hydrogens (tertiary/aromatic N) is 1. The van der Waals surface area contributed by atoms with Gasteiger partial charge in [-0.2, -0.15) is 0 Å². The first-order valence-corrected chi connectivity index (χ1v) is 32.1. The summed E-state index contributed by atoms with van der Waals surface area (Å²) in [4.78, 5) is 37.5. The van der Waals surface area contributed by atoms with Gasteiger partial charge in [0.2, 0.25) is 0 Å². The number of rotatable bonds is 59. The topological polar surface area (TPSA) is 108 Å². The van der Waals surface area contributed by atoms with E-state index in [0.717, 1.165) is 70.6 Å². The fourth-order valence-corrected chi connectivity index (χ4v) is 9.08. The van der Waals surface area contributed by atoms with Crippen molar-refractivity contribution in [2.24, 2.45) is 0 Å². The highest BCUT2D eigenvalue weighted by molar-refractivity contribution is 5.71. The molecule has 2 atom stereocenters. The highest BCUT2D eigenvalue weighted by Crippen LogP contribution is 2.18. The first-order chi connectivity index (χ1) is 37.6. The van der Waals surface area contributed by atoms with Crippen molar-refractivity contribution >= 4 is 17.9 Å². The van der Waals surface area contributed by atoms with Crippen LogP contribution in [0.4, 0.5) is 0 Å². The standard InChI is InChI=1S/C68H121NO8/c1-6-8-10-12-14-16-18-20-22-24-26-28-29-30-31-32-33-34-35-36-37-39-40-42-44-46-48-50-52-54-56-58-65(70)75-62-64(63-76-68(67(72)73)74-61-60-69(3,4)5)77-66(71)59-57-55-53-51-49-47-45-43-41-38-27-25-23-21-19-17-15-13-11-9-7-2/h9,11,15,17,21,23,27,38,43,45,49,51,64,68H,6-8,10,12-14,16,18-20,22,24-26,28-37,39-42,44,46-48,50,52-63H2,1-5H3/p+1/b11-9-,17-15-,23-21-,38-27-,45-43-,51-49-. The molecule has 0 fully saturated rings. The van der Waals surface area contributed by atoms with Crippen molar-refractivity contribution in [1.82, 2.24) is 0 Å². The molecule has 0 radical (unpaired) electrons. The van der Waals surface area contributed by atoms with E-state index in [1.165, 1.54) is 180 Å². The lowest BCUT2D eigenvalue weighted by molar-refractivity contribution is -0.870. The first kappa shape index (κ1) is 73.7. The second-order valence-corrected chi connectivity index (χ2v) is 22.7. The molecule has 9 nitrogen and oxygen atoms in total. The molecule has 0 aliphatic heterocycles. The highest BCUT2D eigenvalue weighted by atomic mass is 16.7. The van der Waals surface area contributed by atoms with E-state index in [1.807, 2.05) is 21.1 Å². The van der Waals surface area contributed by atoms with Crippen LogP contribution in [0.2, 0.25) is 0 Å². The molecule has 2 unspecified atom stereocenters. The Balaban J connectivity index is 4.16. The maximum atomic E-state index is 12.9. The van der Waals surface area contributed by atoms with Crippen LogP contribution in [0.5, 0.6) is 0 Å². The number of unbranched alkanes of at least 4 members (excludes halogenated alkanes) is 32. The van der Waals surface area contributed by atoms with Gasteiger partial charge in [-0.15, -0.1) is 0 Å². The van der Waals surface area contributed by atoms with Crippen LogP contribution in [0.15, 0.2) is 72.9 Å². The van der Waals surface area contributed by atoms with Gasteiger partial charge in [-0.1, -0.05) is 279 Å². The average Bonchev–Trinajstić information content (AvgIpc) is 3.40. The summed E-state index contributed by atoms with van der Waals surface area (Å²) >= 11 is 0. The fraction of sp³-hybridized carbons (Fsp3) is 0.779. The lowest BCUT2D eigenvalue weighted by Gasteiger charge is -2.25. The molecule has 446 valence electrons. The molecule has 0 bridgehead atoms. The summed E-state index contributed by atoms with van der Waals surface area (Å²) in [6.07, 6.45) is 74.5. The van der Waals surface area contributed by atoms with Crippen LogP contribution >= 0.6 is 0 Å². The molecule has 0 aromatic heterocycles. The van der Waals surface area contributed by atoms with Crippen molar-refractivity contribution in [3.63, 3.8) is 0 Å². The Kier molecular flexibility index (Phi) is 56.4. The van der Waals surface area contributed by atoms with Crippen molar-refractivity contribution < 1.29 is 42.9 Å². The lowest BCUT2D eigenvalue weighted by Crippen LogP contribution is -2.40. The Labute approximate surface area is 475 Å². The van der Waals surface area contributed by atoms with Gasteiger partial charge in [-0.05, 0) is 64.2 Å². The average molecular weight is 1080 g/mol. The number of carboxylic acid groups (broad SMARTS) is 1. The van der Waals surface area contributed by atoms with E-state index >= 15 is 0 Å². The summed E-state index contributed by atoms with van der Waals surface area (Å²) < 4.78 is 22.9. The molecule has 0 saturated carbocycles. The minimum absolute atomic E-state index is 0.177. The molecule has 0 rings (SSSR count). The van der Waals surface area contributed by atoms with Crippen LogP contribution in [0, 0.1) is 0 Å². The number of likely N-dealkylation sites (N-methyl/N-ethyl adjacent to an activating group) is 1. The third-order valence-electron chi connectivity index (χ3n) is 14.0. The predicted octanol–water partition coefficient (Wildman–Crippen LogP) is 19.4. The Morgan fingerprint density at radius 1 is 0.403 bits per heavy atom. The molecule has 0 aromatic carbocycles. The van der Waals surface area contributed by atoms with E-state index in [0.29, 0.717) is 23.9 Å². The summed E-state index contributed by atoms with van der Waals surface area (Å²) in [7, 11) is 5.96. The van der Waals surface area contributed by atoms with Gasteiger partial charge >= 0.3 is 17.9 Å². The third kappa shape index (κ3) is 60.2. The maximum Gasteiger partial charge on any atom is 0.361 e. The monoisotopic (exact) mass is 1080 g/mol. The number of aliphatic carboxylic acids is 1. The first-order valence-electron chi connectivity index (χ1n) is 32.1. The molecule has 1 N–H and O–H groups in total. The van der Waals surface area contributed by atoms with Crippen LogP contribution in [0.25, 0.3) is 0 Å². The highest BCUT2D eigenvalue weighted by Gasteiger charge is 2.25. The third-order valence-corrected chi connectivity index (χ3v) is 14.0. The number of carbonyl (C=O) groups excluding carboxylic acids is 2. The Bertz CT molecular complexity index is 1490. The normalized spacial score (nSPS) is 13.2. The minimum atomic E-state index is -1.53. The summed E-state index contributed by atoms with van der Waals surface area (Å²) in [5.74, 6) is -2.06. The maximum absolute atomic E-state index is 12.9. The molecule has 9 heteroatoms. The molecule has 0 heterocycles. The molecular formula is C68H122NO8+. The van der Waals surface area contributed by atoms with Crippen LogP contribution in [0.3, 0.4) is 0 Å². The Hall–Kier alpha value is -3.27. The number of allylic oxidation sites excluding steroid dienone is 12. The van der Waals surface area contributed by atoms with E-state index in [-0.39, 0.29) is 32.2 Å². The molecule has 0 spiro atoms. The zero-order valence-corrected chi connectivity index (χ0v) is 50.9. The van der Waals surface area contributed by atoms with Gasteiger partial charge in [-0.3, -0.25) is 9.59 Å². The van der Waals surface area contributed by atoms with Gasteiger partial charge in [-0.25, -0.2) is 4.79 Å². The van der Waals surface area contributed by atoms with Crippen LogP contribution < -0.4 is 0 Å². The Morgan fingerprint density at radius 3 is 1.10 bits per heavy atom. The number of ether oxygens (including phenoxy) is 4. The van der Waals surface area contributed by atoms with Crippen molar-refractivity contribution in [2.45, 2.75) is 296 Å². The predicted molar refractivity (Wildman–Crippen MR) is 327 cm³/mol. The van der Waals surface area contributed by atoms with E-state index in [2.05, 4.69) is 86.8 Å². The summed E-state index contributed by atoms with van der Waals surface area (Å²) in [5, 5.41) is 9.71. The van der Waals surface area contributed by atoms with E-state index in [9.17, 15) is 19.5 Å². The van der Waals surface area contributed by atoms with Crippen LogP contribution in [-0.4, -0.2) is 87.4 Å². The molecular weight excluding hydrogens is 959 g/mol. The largest absolute Gasteiger partial charge is 0.477 e. The van der Waals surface area contributed by atoms with Crippen molar-refractivity contribution in [3.8, 4) is 0 Å². The zero-order chi connectivity index (χ0) is 56.2. The van der Waals surface area contributed by atoms with Gasteiger partial charge in [0.05, 0.1) is 34.4 Å². The van der Waals surface area contributed by atoms with Gasteiger partial charge in [0.25, 0.3) is 6.29 Å². The molecule has 0 aliphatic carbocycles. The number of carbonyl (C=O) groups is 3. The van der Waals surface area contributed by atoms with Crippen molar-refractivity contribution in [1.29, 1.82) is 0 Å². The summed E-state index contributed by atoms with van der Waals surface area (Å²) in [6, 6.07) is 0. The molecule has 77 heavy (non-hydrogen) atoms. The number of quaternary nitrogens is 1. The Morgan fingerprint density at radius 2 is 0.740 bits per heavy atom. The molecule has 0 aliphatic rings. The molecule has 0 aromatic rings. The van der Waals surface area contributed by atoms with Gasteiger partial charge < -0.3 is 28.5 Å². The van der Waals surface area contributed by atoms with Crippen molar-refractivity contribution in [3.05, 3.63) is 72.9 Å². The second kappa shape index (κ2) is 58.9. The minimum Gasteiger partial charge on any atom is -0.477 e. The SMILES string of the molecule is CC/C=C\C/C=C\C/C=C\C/C=C\C/C=C\C/C=C\CCCCC(=O)OC(COC(=O)CCCCCCCCCCCCCCCCCCCCCCCCCCCCCCCCC)COC(OCC[N+](C)(C)C)C(=O)O. The van der Waals surface area contributed by atoms with Crippen LogP contribution in [0.1, 0.15) is 284 Å². The van der Waals surface area contributed by atoms with E-state index in [1.54, 1.807) is 0 Å². The van der Waals surface area contributed by atoms with E-state index in [4.69, 9.17) is 18.9 Å². The smallest absolute Gasteiger partial charge is 0.361 e. The quantitative estimate of drug-likeness (QED) is 0.0211. The number of esters is 2. The molecule has 0 saturated heterocycles. The van der Waals surface area contributed by atoms with Crippen LogP contribution in [-0.2, 0) is 33.3 Å². The fourth-order valence-electron chi connectivity index (χ4n) is 9.08. The number of hydrogen-bond donors (Lipinski definition) is 1. The van der Waals surface area contributed by atoms with Crippen molar-refractivity contribution in [2.75, 3.05) is 47.5 Å². The summed E-state index contributed by atoms with van der Waals surface area (Å²) in [6.45, 7) is 4.74. The van der Waals surface area contributed by atoms with Gasteiger partial charge in [0.1, 0.15) is 13.2 Å².